The molecule has 1 aliphatic rings. The molecule has 0 bridgehead atoms. The van der Waals surface area contributed by atoms with Crippen LogP contribution < -0.4 is 10.2 Å². The van der Waals surface area contributed by atoms with Crippen LogP contribution in [0.2, 0.25) is 0 Å². The van der Waals surface area contributed by atoms with Gasteiger partial charge in [0.1, 0.15) is 0 Å². The Balaban J connectivity index is 1.70. The number of benzene rings is 1. The van der Waals surface area contributed by atoms with E-state index < -0.39 is 0 Å². The summed E-state index contributed by atoms with van der Waals surface area (Å²) < 4.78 is 0. The minimum atomic E-state index is 0.0748. The molecule has 1 atom stereocenters. The van der Waals surface area contributed by atoms with Crippen molar-refractivity contribution in [1.82, 2.24) is 10.2 Å². The molecule has 1 aromatic rings. The molecule has 0 saturated carbocycles. The summed E-state index contributed by atoms with van der Waals surface area (Å²) >= 11 is 0. The highest BCUT2D eigenvalue weighted by Crippen LogP contribution is 2.14. The number of anilines is 1. The standard InChI is InChI=1S/C15H23N3O/c1-13-8-10-18(12-13)15(19)16-9-11-17(2)14-6-4-3-5-7-14/h3-7,13H,8-12H2,1-2H3,(H,16,19). The van der Waals surface area contributed by atoms with Gasteiger partial charge in [0.2, 0.25) is 0 Å². The lowest BCUT2D eigenvalue weighted by molar-refractivity contribution is 0.207. The molecular formula is C15H23N3O. The van der Waals surface area contributed by atoms with Gasteiger partial charge in [-0.15, -0.1) is 0 Å². The molecule has 0 aliphatic carbocycles. The second-order valence-electron chi connectivity index (χ2n) is 5.33. The lowest BCUT2D eigenvalue weighted by Crippen LogP contribution is -2.41. The maximum absolute atomic E-state index is 11.9. The minimum absolute atomic E-state index is 0.0748. The number of hydrogen-bond donors (Lipinski definition) is 1. The minimum Gasteiger partial charge on any atom is -0.373 e. The van der Waals surface area contributed by atoms with E-state index in [1.54, 1.807) is 0 Å². The SMILES string of the molecule is CC1CCN(C(=O)NCCN(C)c2ccccc2)C1. The summed E-state index contributed by atoms with van der Waals surface area (Å²) in [4.78, 5) is 16.0. The number of carbonyl (C=O) groups excluding carboxylic acids is 1. The fourth-order valence-corrected chi connectivity index (χ4v) is 2.37. The molecule has 4 heteroatoms. The number of hydrogen-bond acceptors (Lipinski definition) is 2. The molecule has 1 fully saturated rings. The van der Waals surface area contributed by atoms with Crippen LogP contribution in [0, 0.1) is 5.92 Å². The van der Waals surface area contributed by atoms with E-state index in [0.717, 1.165) is 26.1 Å². The summed E-state index contributed by atoms with van der Waals surface area (Å²) in [6, 6.07) is 10.3. The van der Waals surface area contributed by atoms with Crippen LogP contribution in [-0.4, -0.2) is 44.2 Å². The lowest BCUT2D eigenvalue weighted by atomic mass is 10.2. The highest BCUT2D eigenvalue weighted by atomic mass is 16.2. The number of carbonyl (C=O) groups is 1. The van der Waals surface area contributed by atoms with Crippen molar-refractivity contribution in [3.05, 3.63) is 30.3 Å². The Morgan fingerprint density at radius 3 is 2.79 bits per heavy atom. The van der Waals surface area contributed by atoms with Crippen molar-refractivity contribution in [2.24, 2.45) is 5.92 Å². The maximum atomic E-state index is 11.9. The van der Waals surface area contributed by atoms with Crippen molar-refractivity contribution in [2.75, 3.05) is 38.1 Å². The molecule has 104 valence electrons. The highest BCUT2D eigenvalue weighted by molar-refractivity contribution is 5.74. The predicted molar refractivity (Wildman–Crippen MR) is 78.5 cm³/mol. The maximum Gasteiger partial charge on any atom is 0.317 e. The first-order valence-corrected chi connectivity index (χ1v) is 6.96. The van der Waals surface area contributed by atoms with E-state index in [1.165, 1.54) is 5.69 Å². The van der Waals surface area contributed by atoms with Gasteiger partial charge in [-0.25, -0.2) is 4.79 Å². The van der Waals surface area contributed by atoms with Gasteiger partial charge in [0.25, 0.3) is 0 Å². The van der Waals surface area contributed by atoms with Gasteiger partial charge in [-0.2, -0.15) is 0 Å². The van der Waals surface area contributed by atoms with Crippen LogP contribution in [0.15, 0.2) is 30.3 Å². The first kappa shape index (κ1) is 13.7. The lowest BCUT2D eigenvalue weighted by Gasteiger charge is -2.21. The average molecular weight is 261 g/mol. The summed E-state index contributed by atoms with van der Waals surface area (Å²) in [5.41, 5.74) is 1.17. The second-order valence-corrected chi connectivity index (χ2v) is 5.33. The van der Waals surface area contributed by atoms with Gasteiger partial charge >= 0.3 is 6.03 Å². The summed E-state index contributed by atoms with van der Waals surface area (Å²) in [6.07, 6.45) is 1.12. The van der Waals surface area contributed by atoms with Crippen molar-refractivity contribution >= 4 is 11.7 Å². The highest BCUT2D eigenvalue weighted by Gasteiger charge is 2.22. The van der Waals surface area contributed by atoms with Crippen LogP contribution in [0.3, 0.4) is 0 Å². The topological polar surface area (TPSA) is 35.6 Å². The van der Waals surface area contributed by atoms with E-state index in [4.69, 9.17) is 0 Å². The van der Waals surface area contributed by atoms with Gasteiger partial charge in [0.05, 0.1) is 0 Å². The van der Waals surface area contributed by atoms with Crippen LogP contribution in [-0.2, 0) is 0 Å². The first-order valence-electron chi connectivity index (χ1n) is 6.96. The fraction of sp³-hybridized carbons (Fsp3) is 0.533. The molecule has 1 unspecified atom stereocenters. The van der Waals surface area contributed by atoms with E-state index >= 15 is 0 Å². The van der Waals surface area contributed by atoms with E-state index in [1.807, 2.05) is 30.1 Å². The van der Waals surface area contributed by atoms with E-state index in [2.05, 4.69) is 29.3 Å². The molecule has 2 amide bonds. The molecular weight excluding hydrogens is 238 g/mol. The van der Waals surface area contributed by atoms with Gasteiger partial charge in [-0.3, -0.25) is 0 Å². The molecule has 4 nitrogen and oxygen atoms in total. The Morgan fingerprint density at radius 2 is 2.16 bits per heavy atom. The molecule has 1 aromatic carbocycles. The molecule has 2 rings (SSSR count). The smallest absolute Gasteiger partial charge is 0.317 e. The Hall–Kier alpha value is -1.71. The number of amides is 2. The largest absolute Gasteiger partial charge is 0.373 e. The molecule has 19 heavy (non-hydrogen) atoms. The van der Waals surface area contributed by atoms with E-state index in [9.17, 15) is 4.79 Å². The zero-order valence-electron chi connectivity index (χ0n) is 11.8. The van der Waals surface area contributed by atoms with Crippen molar-refractivity contribution in [1.29, 1.82) is 0 Å². The Morgan fingerprint density at radius 1 is 1.42 bits per heavy atom. The van der Waals surface area contributed by atoms with Crippen LogP contribution >= 0.6 is 0 Å². The quantitative estimate of drug-likeness (QED) is 0.901. The predicted octanol–water partition coefficient (Wildman–Crippen LogP) is 2.17. The van der Waals surface area contributed by atoms with Crippen LogP contribution in [0.4, 0.5) is 10.5 Å². The third-order valence-corrected chi connectivity index (χ3v) is 3.63. The fourth-order valence-electron chi connectivity index (χ4n) is 2.37. The Labute approximate surface area is 115 Å². The van der Waals surface area contributed by atoms with Crippen LogP contribution in [0.5, 0.6) is 0 Å². The molecule has 0 spiro atoms. The van der Waals surface area contributed by atoms with Crippen molar-refractivity contribution in [2.45, 2.75) is 13.3 Å². The molecule has 0 radical (unpaired) electrons. The van der Waals surface area contributed by atoms with Gasteiger partial charge in [-0.1, -0.05) is 25.1 Å². The number of para-hydroxylation sites is 1. The van der Waals surface area contributed by atoms with Crippen LogP contribution in [0.1, 0.15) is 13.3 Å². The molecule has 1 heterocycles. The van der Waals surface area contributed by atoms with E-state index in [-0.39, 0.29) is 6.03 Å². The number of urea groups is 1. The molecule has 1 N–H and O–H groups in total. The first-order chi connectivity index (χ1) is 9.16. The molecule has 1 saturated heterocycles. The number of nitrogens with zero attached hydrogens (tertiary/aromatic N) is 2. The molecule has 0 aromatic heterocycles. The van der Waals surface area contributed by atoms with Crippen LogP contribution in [0.25, 0.3) is 0 Å². The summed E-state index contributed by atoms with van der Waals surface area (Å²) in [7, 11) is 2.04. The average Bonchev–Trinajstić information content (AvgIpc) is 2.86. The second kappa shape index (κ2) is 6.45. The zero-order chi connectivity index (χ0) is 13.7. The Bertz CT molecular complexity index is 407. The summed E-state index contributed by atoms with van der Waals surface area (Å²) in [5, 5.41) is 2.99. The number of rotatable bonds is 4. The van der Waals surface area contributed by atoms with E-state index in [0.29, 0.717) is 12.5 Å². The third-order valence-electron chi connectivity index (χ3n) is 3.63. The number of likely N-dealkylation sites (tertiary alicyclic amines) is 1. The van der Waals surface area contributed by atoms with Crippen molar-refractivity contribution in [3.8, 4) is 0 Å². The summed E-state index contributed by atoms with van der Waals surface area (Å²) in [6.45, 7) is 5.46. The number of nitrogens with one attached hydrogen (secondary N) is 1. The van der Waals surface area contributed by atoms with Gasteiger partial charge in [0, 0.05) is 38.9 Å². The summed E-state index contributed by atoms with van der Waals surface area (Å²) in [5.74, 6) is 0.637. The normalized spacial score (nSPS) is 18.4. The van der Waals surface area contributed by atoms with Crippen molar-refractivity contribution < 1.29 is 4.79 Å². The van der Waals surface area contributed by atoms with Gasteiger partial charge in [-0.05, 0) is 24.5 Å². The monoisotopic (exact) mass is 261 g/mol. The zero-order valence-corrected chi connectivity index (χ0v) is 11.8. The number of likely N-dealkylation sites (N-methyl/N-ethyl adjacent to an activating group) is 1. The molecule has 1 aliphatic heterocycles. The van der Waals surface area contributed by atoms with Gasteiger partial charge in [0.15, 0.2) is 0 Å². The van der Waals surface area contributed by atoms with Gasteiger partial charge < -0.3 is 15.1 Å². The Kier molecular flexibility index (Phi) is 4.66. The van der Waals surface area contributed by atoms with Crippen molar-refractivity contribution in [3.63, 3.8) is 0 Å². The third kappa shape index (κ3) is 3.88.